The molecule has 2 nitrogen and oxygen atoms in total. The van der Waals surface area contributed by atoms with Crippen LogP contribution < -0.4 is 11.3 Å². The first-order valence-electron chi connectivity index (χ1n) is 5.51. The molecule has 0 aliphatic rings. The van der Waals surface area contributed by atoms with Gasteiger partial charge in [0.15, 0.2) is 5.92 Å². The molecule has 0 fully saturated rings. The van der Waals surface area contributed by atoms with Crippen molar-refractivity contribution in [2.75, 3.05) is 0 Å². The zero-order valence-corrected chi connectivity index (χ0v) is 11.8. The molecule has 0 spiro atoms. The van der Waals surface area contributed by atoms with Crippen molar-refractivity contribution < 1.29 is 30.7 Å². The molecule has 0 aliphatic heterocycles. The minimum absolute atomic E-state index is 0.0588. The number of benzene rings is 1. The molecule has 0 aliphatic carbocycles. The molecule has 120 valence electrons. The lowest BCUT2D eigenvalue weighted by atomic mass is 9.92. The van der Waals surface area contributed by atoms with Gasteiger partial charge in [0, 0.05) is 6.04 Å². The van der Waals surface area contributed by atoms with Crippen molar-refractivity contribution >= 4 is 15.9 Å². The maximum Gasteiger partial charge on any atom is 0.402 e. The summed E-state index contributed by atoms with van der Waals surface area (Å²) in [6.45, 7) is 0. The van der Waals surface area contributed by atoms with E-state index in [0.717, 1.165) is 6.07 Å². The molecule has 21 heavy (non-hydrogen) atoms. The van der Waals surface area contributed by atoms with E-state index in [9.17, 15) is 30.7 Å². The van der Waals surface area contributed by atoms with Gasteiger partial charge in [-0.05, 0) is 34.0 Å². The number of hydrogen-bond acceptors (Lipinski definition) is 2. The summed E-state index contributed by atoms with van der Waals surface area (Å²) in [4.78, 5) is 0. The van der Waals surface area contributed by atoms with Gasteiger partial charge in [0.05, 0.1) is 4.47 Å². The van der Waals surface area contributed by atoms with E-state index in [1.807, 2.05) is 0 Å². The van der Waals surface area contributed by atoms with E-state index < -0.39 is 36.6 Å². The molecule has 0 radical (unpaired) electrons. The third-order valence-electron chi connectivity index (χ3n) is 2.79. The zero-order chi connectivity index (χ0) is 16.4. The maximum atomic E-state index is 13.3. The van der Waals surface area contributed by atoms with Crippen LogP contribution in [0.4, 0.5) is 30.7 Å². The van der Waals surface area contributed by atoms with Crippen LogP contribution in [0.2, 0.25) is 0 Å². The fourth-order valence-electron chi connectivity index (χ4n) is 1.86. The van der Waals surface area contributed by atoms with Gasteiger partial charge in [-0.1, -0.05) is 12.1 Å². The van der Waals surface area contributed by atoms with E-state index in [-0.39, 0.29) is 10.0 Å². The highest BCUT2D eigenvalue weighted by Gasteiger charge is 2.60. The van der Waals surface area contributed by atoms with Gasteiger partial charge in [0.2, 0.25) is 0 Å². The molecule has 0 bridgehead atoms. The van der Waals surface area contributed by atoms with Crippen molar-refractivity contribution in [3.8, 4) is 0 Å². The lowest BCUT2D eigenvalue weighted by Crippen LogP contribution is -2.54. The number of rotatable bonds is 4. The van der Waals surface area contributed by atoms with Gasteiger partial charge in [-0.15, -0.1) is 0 Å². The number of hydrogen-bond donors (Lipinski definition) is 2. The van der Waals surface area contributed by atoms with E-state index in [2.05, 4.69) is 15.9 Å². The largest absolute Gasteiger partial charge is 0.402 e. The Bertz CT molecular complexity index is 472. The quantitative estimate of drug-likeness (QED) is 0.473. The Kier molecular flexibility index (Phi) is 5.62. The molecular weight excluding hydrogens is 373 g/mol. The molecule has 1 rings (SSSR count). The van der Waals surface area contributed by atoms with Crippen LogP contribution in [0, 0.1) is 11.7 Å². The normalized spacial score (nSPS) is 14.6. The Balaban J connectivity index is 3.14. The van der Waals surface area contributed by atoms with Crippen LogP contribution in [0.15, 0.2) is 22.7 Å². The Morgan fingerprint density at radius 2 is 1.62 bits per heavy atom. The fraction of sp³-hybridized carbons (Fsp3) is 0.455. The van der Waals surface area contributed by atoms with Crippen molar-refractivity contribution in [2.45, 2.75) is 24.8 Å². The average Bonchev–Trinajstić information content (AvgIpc) is 2.30. The van der Waals surface area contributed by atoms with Gasteiger partial charge in [-0.25, -0.2) is 4.39 Å². The van der Waals surface area contributed by atoms with Gasteiger partial charge in [-0.3, -0.25) is 11.3 Å². The van der Waals surface area contributed by atoms with Crippen LogP contribution in [0.1, 0.15) is 5.56 Å². The summed E-state index contributed by atoms with van der Waals surface area (Å²) in [5, 5.41) is 0. The first kappa shape index (κ1) is 18.2. The molecule has 1 aromatic carbocycles. The predicted molar refractivity (Wildman–Crippen MR) is 64.5 cm³/mol. The highest BCUT2D eigenvalue weighted by Crippen LogP contribution is 2.42. The topological polar surface area (TPSA) is 38.0 Å². The first-order chi connectivity index (χ1) is 9.48. The maximum absolute atomic E-state index is 13.3. The molecular formula is C11H10BrF7N2. The SMILES string of the molecule is NNC(Cc1cccc(F)c1Br)C(C(F)(F)F)C(F)(F)F. The highest BCUT2D eigenvalue weighted by molar-refractivity contribution is 9.10. The smallest absolute Gasteiger partial charge is 0.271 e. The summed E-state index contributed by atoms with van der Waals surface area (Å²) in [5.74, 6) is 0.389. The molecule has 0 amide bonds. The molecule has 1 unspecified atom stereocenters. The second-order valence-corrected chi connectivity index (χ2v) is 5.04. The Hall–Kier alpha value is -0.870. The van der Waals surface area contributed by atoms with Crippen molar-refractivity contribution in [3.05, 3.63) is 34.1 Å². The number of hydrazine groups is 1. The first-order valence-corrected chi connectivity index (χ1v) is 6.30. The van der Waals surface area contributed by atoms with E-state index in [0.29, 0.717) is 0 Å². The lowest BCUT2D eigenvalue weighted by Gasteiger charge is -2.30. The van der Waals surface area contributed by atoms with Crippen molar-refractivity contribution in [3.63, 3.8) is 0 Å². The van der Waals surface area contributed by atoms with Gasteiger partial charge in [-0.2, -0.15) is 26.3 Å². The molecule has 10 heteroatoms. The number of halogens is 8. The van der Waals surface area contributed by atoms with Crippen LogP contribution >= 0.6 is 15.9 Å². The fourth-order valence-corrected chi connectivity index (χ4v) is 2.28. The van der Waals surface area contributed by atoms with Gasteiger partial charge >= 0.3 is 12.4 Å². The van der Waals surface area contributed by atoms with E-state index in [4.69, 9.17) is 5.84 Å². The van der Waals surface area contributed by atoms with Crippen LogP contribution in [0.5, 0.6) is 0 Å². The van der Waals surface area contributed by atoms with Crippen LogP contribution in [-0.2, 0) is 6.42 Å². The highest BCUT2D eigenvalue weighted by atomic mass is 79.9. The van der Waals surface area contributed by atoms with E-state index in [1.54, 1.807) is 0 Å². The van der Waals surface area contributed by atoms with Crippen molar-refractivity contribution in [1.82, 2.24) is 5.43 Å². The molecule has 3 N–H and O–H groups in total. The summed E-state index contributed by atoms with van der Waals surface area (Å²) < 4.78 is 88.9. The van der Waals surface area contributed by atoms with Crippen LogP contribution in [0.3, 0.4) is 0 Å². The summed E-state index contributed by atoms with van der Waals surface area (Å²) in [6, 6.07) is 1.23. The molecule has 0 saturated heterocycles. The molecule has 1 atom stereocenters. The predicted octanol–water partition coefficient (Wildman–Crippen LogP) is 3.70. The number of alkyl halides is 6. The second-order valence-electron chi connectivity index (χ2n) is 4.25. The third-order valence-corrected chi connectivity index (χ3v) is 3.68. The van der Waals surface area contributed by atoms with Gasteiger partial charge in [0.25, 0.3) is 0 Å². The number of nitrogens with one attached hydrogen (secondary N) is 1. The summed E-state index contributed by atoms with van der Waals surface area (Å²) in [7, 11) is 0. The lowest BCUT2D eigenvalue weighted by molar-refractivity contribution is -0.291. The van der Waals surface area contributed by atoms with Crippen LogP contribution in [-0.4, -0.2) is 18.4 Å². The summed E-state index contributed by atoms with van der Waals surface area (Å²) >= 11 is 2.78. The Morgan fingerprint density at radius 3 is 2.05 bits per heavy atom. The molecule has 1 aromatic rings. The summed E-state index contributed by atoms with van der Waals surface area (Å²) in [5.41, 5.74) is 1.47. The summed E-state index contributed by atoms with van der Waals surface area (Å²) in [6.07, 6.45) is -11.8. The monoisotopic (exact) mass is 382 g/mol. The average molecular weight is 383 g/mol. The van der Waals surface area contributed by atoms with Crippen LogP contribution in [0.25, 0.3) is 0 Å². The van der Waals surface area contributed by atoms with Crippen molar-refractivity contribution in [2.24, 2.45) is 11.8 Å². The minimum atomic E-state index is -5.53. The van der Waals surface area contributed by atoms with Crippen molar-refractivity contribution in [1.29, 1.82) is 0 Å². The molecule has 0 aromatic heterocycles. The number of nitrogens with two attached hydrogens (primary N) is 1. The standard InChI is InChI=1S/C11H10BrF7N2/c12-8-5(2-1-3-6(8)13)4-7(21-20)9(10(14,15)16)11(17,18)19/h1-3,7,9,21H,4,20H2. The molecule has 0 heterocycles. The van der Waals surface area contributed by atoms with Gasteiger partial charge < -0.3 is 0 Å². The van der Waals surface area contributed by atoms with Gasteiger partial charge in [0.1, 0.15) is 5.82 Å². The van der Waals surface area contributed by atoms with E-state index in [1.165, 1.54) is 17.6 Å². The molecule has 0 saturated carbocycles. The second kappa shape index (κ2) is 6.49. The Labute approximate surface area is 123 Å². The van der Waals surface area contributed by atoms with E-state index >= 15 is 0 Å². The minimum Gasteiger partial charge on any atom is -0.271 e. The Morgan fingerprint density at radius 1 is 1.10 bits per heavy atom. The zero-order valence-electron chi connectivity index (χ0n) is 10.2. The third kappa shape index (κ3) is 4.55.